The van der Waals surface area contributed by atoms with Crippen LogP contribution in [0.5, 0.6) is 0 Å². The van der Waals surface area contributed by atoms with Crippen molar-refractivity contribution in [2.45, 2.75) is 18.9 Å². The molecule has 0 saturated heterocycles. The second-order valence-corrected chi connectivity index (χ2v) is 4.10. The molecule has 0 aliphatic rings. The standard InChI is InChI=1S/C11H20N4O3/c1-2-3-13-9-4-12-5-10(14-9)15-11(6-16,7-17)8-18/h4-5,16-18H,2-3,6-8H2,1H3,(H2,13,14,15). The Balaban J connectivity index is 2.77. The van der Waals surface area contributed by atoms with Gasteiger partial charge in [-0.15, -0.1) is 0 Å². The number of nitrogens with one attached hydrogen (secondary N) is 2. The Hall–Kier alpha value is -1.44. The minimum Gasteiger partial charge on any atom is -0.394 e. The quantitative estimate of drug-likeness (QED) is 0.423. The lowest BCUT2D eigenvalue weighted by Crippen LogP contribution is -2.49. The highest BCUT2D eigenvalue weighted by atomic mass is 16.3. The summed E-state index contributed by atoms with van der Waals surface area (Å²) in [6.07, 6.45) is 4.01. The molecule has 0 aliphatic carbocycles. The van der Waals surface area contributed by atoms with Gasteiger partial charge < -0.3 is 26.0 Å². The van der Waals surface area contributed by atoms with Crippen LogP contribution >= 0.6 is 0 Å². The fourth-order valence-electron chi connectivity index (χ4n) is 1.30. The molecule has 0 unspecified atom stereocenters. The number of hydrogen-bond acceptors (Lipinski definition) is 7. The van der Waals surface area contributed by atoms with Crippen LogP contribution < -0.4 is 10.6 Å². The topological polar surface area (TPSA) is 111 Å². The number of aliphatic hydroxyl groups excluding tert-OH is 3. The minimum atomic E-state index is -1.20. The van der Waals surface area contributed by atoms with Crippen LogP contribution in [0.1, 0.15) is 13.3 Å². The van der Waals surface area contributed by atoms with E-state index in [1.807, 2.05) is 6.92 Å². The number of anilines is 2. The molecule has 7 nitrogen and oxygen atoms in total. The molecule has 0 amide bonds. The van der Waals surface area contributed by atoms with Gasteiger partial charge in [-0.25, -0.2) is 4.98 Å². The summed E-state index contributed by atoms with van der Waals surface area (Å²) >= 11 is 0. The van der Waals surface area contributed by atoms with Crippen molar-refractivity contribution < 1.29 is 15.3 Å². The Morgan fingerprint density at radius 2 is 1.72 bits per heavy atom. The fraction of sp³-hybridized carbons (Fsp3) is 0.636. The van der Waals surface area contributed by atoms with Crippen molar-refractivity contribution in [1.29, 1.82) is 0 Å². The molecule has 102 valence electrons. The number of nitrogens with zero attached hydrogens (tertiary/aromatic N) is 2. The highest BCUT2D eigenvalue weighted by Gasteiger charge is 2.28. The molecule has 1 aromatic rings. The first kappa shape index (κ1) is 14.6. The maximum Gasteiger partial charge on any atom is 0.147 e. The monoisotopic (exact) mass is 256 g/mol. The molecule has 0 fully saturated rings. The number of aromatic nitrogens is 2. The van der Waals surface area contributed by atoms with E-state index in [0.29, 0.717) is 11.6 Å². The van der Waals surface area contributed by atoms with Crippen molar-refractivity contribution in [2.75, 3.05) is 37.0 Å². The molecule has 18 heavy (non-hydrogen) atoms. The van der Waals surface area contributed by atoms with Gasteiger partial charge in [0, 0.05) is 6.54 Å². The van der Waals surface area contributed by atoms with E-state index in [1.54, 1.807) is 6.20 Å². The molecule has 7 heteroatoms. The molecule has 1 heterocycles. The lowest BCUT2D eigenvalue weighted by atomic mass is 10.0. The summed E-state index contributed by atoms with van der Waals surface area (Å²) in [5.41, 5.74) is -1.20. The van der Waals surface area contributed by atoms with Gasteiger partial charge >= 0.3 is 0 Å². The first-order valence-electron chi connectivity index (χ1n) is 5.86. The molecule has 0 aromatic carbocycles. The van der Waals surface area contributed by atoms with Crippen molar-refractivity contribution in [3.05, 3.63) is 12.4 Å². The van der Waals surface area contributed by atoms with E-state index in [-0.39, 0.29) is 0 Å². The molecular weight excluding hydrogens is 236 g/mol. The fourth-order valence-corrected chi connectivity index (χ4v) is 1.30. The summed E-state index contributed by atoms with van der Waals surface area (Å²) in [6, 6.07) is 0. The Morgan fingerprint density at radius 3 is 2.28 bits per heavy atom. The number of hydrogen-bond donors (Lipinski definition) is 5. The highest BCUT2D eigenvalue weighted by Crippen LogP contribution is 2.13. The van der Waals surface area contributed by atoms with Gasteiger partial charge in [0.05, 0.1) is 32.2 Å². The molecule has 0 aliphatic heterocycles. The van der Waals surface area contributed by atoms with E-state index in [2.05, 4.69) is 20.6 Å². The van der Waals surface area contributed by atoms with Gasteiger partial charge in [-0.1, -0.05) is 6.92 Å². The summed E-state index contributed by atoms with van der Waals surface area (Å²) in [4.78, 5) is 8.21. The van der Waals surface area contributed by atoms with E-state index in [4.69, 9.17) is 0 Å². The molecule has 0 radical (unpaired) electrons. The first-order valence-corrected chi connectivity index (χ1v) is 5.86. The molecule has 0 spiro atoms. The van der Waals surface area contributed by atoms with Gasteiger partial charge in [0.2, 0.25) is 0 Å². The summed E-state index contributed by atoms with van der Waals surface area (Å²) in [5.74, 6) is 0.984. The molecular formula is C11H20N4O3. The van der Waals surface area contributed by atoms with Crippen LogP contribution in [-0.2, 0) is 0 Å². The Labute approximate surface area is 106 Å². The number of aliphatic hydroxyl groups is 3. The summed E-state index contributed by atoms with van der Waals surface area (Å²) < 4.78 is 0. The second kappa shape index (κ2) is 7.10. The predicted octanol–water partition coefficient (Wildman–Crippen LogP) is -0.574. The van der Waals surface area contributed by atoms with Crippen LogP contribution in [0, 0.1) is 0 Å². The predicted molar refractivity (Wildman–Crippen MR) is 68.4 cm³/mol. The van der Waals surface area contributed by atoms with Crippen molar-refractivity contribution in [1.82, 2.24) is 9.97 Å². The van der Waals surface area contributed by atoms with Gasteiger partial charge in [0.15, 0.2) is 0 Å². The molecule has 0 bridgehead atoms. The van der Waals surface area contributed by atoms with E-state index in [0.717, 1.165) is 13.0 Å². The van der Waals surface area contributed by atoms with Crippen LogP contribution in [-0.4, -0.2) is 57.2 Å². The third-order valence-corrected chi connectivity index (χ3v) is 2.49. The molecule has 0 atom stereocenters. The molecule has 1 aromatic heterocycles. The summed E-state index contributed by atoms with van der Waals surface area (Å²) in [7, 11) is 0. The third kappa shape index (κ3) is 3.80. The molecule has 5 N–H and O–H groups in total. The Morgan fingerprint density at radius 1 is 1.11 bits per heavy atom. The molecule has 0 saturated carbocycles. The zero-order valence-electron chi connectivity index (χ0n) is 10.4. The SMILES string of the molecule is CCCNc1cncc(NC(CO)(CO)CO)n1. The highest BCUT2D eigenvalue weighted by molar-refractivity contribution is 5.43. The minimum absolute atomic E-state index is 0.383. The largest absolute Gasteiger partial charge is 0.394 e. The van der Waals surface area contributed by atoms with Gasteiger partial charge in [-0.3, -0.25) is 4.98 Å². The van der Waals surface area contributed by atoms with Crippen molar-refractivity contribution in [3.63, 3.8) is 0 Å². The maximum atomic E-state index is 9.20. The zero-order chi connectivity index (χ0) is 13.4. The number of rotatable bonds is 8. The van der Waals surface area contributed by atoms with Crippen molar-refractivity contribution in [2.24, 2.45) is 0 Å². The Bertz CT molecular complexity index is 350. The van der Waals surface area contributed by atoms with Crippen LogP contribution in [0.3, 0.4) is 0 Å². The first-order chi connectivity index (χ1) is 8.69. The maximum absolute atomic E-state index is 9.20. The normalized spacial score (nSPS) is 11.3. The average molecular weight is 256 g/mol. The van der Waals surface area contributed by atoms with Crippen LogP contribution in [0.15, 0.2) is 12.4 Å². The Kier molecular flexibility index (Phi) is 5.76. The van der Waals surface area contributed by atoms with Crippen LogP contribution in [0.4, 0.5) is 11.6 Å². The lowest BCUT2D eigenvalue weighted by molar-refractivity contribution is 0.0831. The zero-order valence-corrected chi connectivity index (χ0v) is 10.4. The average Bonchev–Trinajstić information content (AvgIpc) is 2.43. The van der Waals surface area contributed by atoms with E-state index < -0.39 is 25.4 Å². The van der Waals surface area contributed by atoms with E-state index >= 15 is 0 Å². The smallest absolute Gasteiger partial charge is 0.147 e. The van der Waals surface area contributed by atoms with Gasteiger partial charge in [-0.05, 0) is 6.42 Å². The third-order valence-electron chi connectivity index (χ3n) is 2.49. The lowest BCUT2D eigenvalue weighted by Gasteiger charge is -2.29. The van der Waals surface area contributed by atoms with Gasteiger partial charge in [0.25, 0.3) is 0 Å². The van der Waals surface area contributed by atoms with E-state index in [9.17, 15) is 15.3 Å². The van der Waals surface area contributed by atoms with Crippen LogP contribution in [0.25, 0.3) is 0 Å². The van der Waals surface area contributed by atoms with Gasteiger partial charge in [0.1, 0.15) is 17.2 Å². The van der Waals surface area contributed by atoms with Gasteiger partial charge in [-0.2, -0.15) is 0 Å². The van der Waals surface area contributed by atoms with Crippen molar-refractivity contribution >= 4 is 11.6 Å². The summed E-state index contributed by atoms with van der Waals surface area (Å²) in [5, 5.41) is 33.5. The second-order valence-electron chi connectivity index (χ2n) is 4.10. The molecule has 1 rings (SSSR count). The van der Waals surface area contributed by atoms with Crippen molar-refractivity contribution in [3.8, 4) is 0 Å². The van der Waals surface area contributed by atoms with Crippen LogP contribution in [0.2, 0.25) is 0 Å². The summed E-state index contributed by atoms with van der Waals surface area (Å²) in [6.45, 7) is 1.59. The van der Waals surface area contributed by atoms with E-state index in [1.165, 1.54) is 6.20 Å².